The van der Waals surface area contributed by atoms with E-state index in [1.54, 1.807) is 12.4 Å². The summed E-state index contributed by atoms with van der Waals surface area (Å²) in [6.07, 6.45) is 6.66. The van der Waals surface area contributed by atoms with Gasteiger partial charge in [-0.1, -0.05) is 0 Å². The molecule has 0 radical (unpaired) electrons. The number of hydrogen-bond donors (Lipinski definition) is 2. The number of alkyl halides is 1. The Labute approximate surface area is 141 Å². The van der Waals surface area contributed by atoms with E-state index in [0.29, 0.717) is 32.6 Å². The smallest absolute Gasteiger partial charge is 0.314 e. The van der Waals surface area contributed by atoms with Crippen LogP contribution in [-0.2, 0) is 11.3 Å². The highest BCUT2D eigenvalue weighted by Gasteiger charge is 2.32. The summed E-state index contributed by atoms with van der Waals surface area (Å²) < 4.78 is 19.3. The predicted octanol–water partition coefficient (Wildman–Crippen LogP) is 0.867. The molecular formula is C16H24FN5O2. The number of carbonyl (C=O) groups is 1. The van der Waals surface area contributed by atoms with Gasteiger partial charge in [0.05, 0.1) is 6.10 Å². The summed E-state index contributed by atoms with van der Waals surface area (Å²) in [6.45, 7) is 2.68. The number of hydrogen-bond acceptors (Lipinski definition) is 5. The first kappa shape index (κ1) is 17.0. The van der Waals surface area contributed by atoms with E-state index in [2.05, 4.69) is 20.6 Å². The number of carbonyl (C=O) groups excluding carboxylic acids is 1. The first-order valence-corrected chi connectivity index (χ1v) is 8.46. The normalized spacial score (nSPS) is 27.3. The number of urea groups is 1. The average molecular weight is 337 g/mol. The molecule has 2 fully saturated rings. The Hall–Kier alpha value is -1.80. The molecule has 2 amide bonds. The first-order valence-electron chi connectivity index (χ1n) is 8.46. The second-order valence-corrected chi connectivity index (χ2v) is 6.39. The van der Waals surface area contributed by atoms with Crippen LogP contribution in [0.4, 0.5) is 9.18 Å². The Balaban J connectivity index is 1.43. The molecule has 0 bridgehead atoms. The van der Waals surface area contributed by atoms with Gasteiger partial charge >= 0.3 is 6.03 Å². The lowest BCUT2D eigenvalue weighted by atomic mass is 10.2. The molecule has 24 heavy (non-hydrogen) atoms. The summed E-state index contributed by atoms with van der Waals surface area (Å²) in [5.41, 5.74) is 0.944. The van der Waals surface area contributed by atoms with Crippen molar-refractivity contribution in [3.63, 3.8) is 0 Å². The molecule has 2 aliphatic rings. The van der Waals surface area contributed by atoms with Crippen molar-refractivity contribution in [2.45, 2.75) is 44.1 Å². The molecule has 3 rings (SSSR count). The van der Waals surface area contributed by atoms with Crippen molar-refractivity contribution >= 4 is 6.03 Å². The molecule has 0 saturated carbocycles. The maximum absolute atomic E-state index is 13.8. The van der Waals surface area contributed by atoms with Crippen molar-refractivity contribution < 1.29 is 13.9 Å². The second kappa shape index (κ2) is 8.34. The molecule has 0 aliphatic carbocycles. The van der Waals surface area contributed by atoms with E-state index in [0.717, 1.165) is 25.0 Å². The van der Waals surface area contributed by atoms with Crippen molar-refractivity contribution in [3.8, 4) is 0 Å². The zero-order valence-electron chi connectivity index (χ0n) is 13.7. The maximum atomic E-state index is 13.8. The van der Waals surface area contributed by atoms with Crippen LogP contribution in [0.1, 0.15) is 24.8 Å². The fourth-order valence-electron chi connectivity index (χ4n) is 3.26. The minimum absolute atomic E-state index is 0.0197. The SMILES string of the molecule is O=C(NC[C@@H]1CCCO1)NC[C@@H]1C[C@H](F)CN1Cc1cncnc1. The van der Waals surface area contributed by atoms with Gasteiger partial charge in [-0.15, -0.1) is 0 Å². The van der Waals surface area contributed by atoms with E-state index < -0.39 is 6.17 Å². The lowest BCUT2D eigenvalue weighted by molar-refractivity contribution is 0.111. The van der Waals surface area contributed by atoms with Crippen molar-refractivity contribution in [1.82, 2.24) is 25.5 Å². The monoisotopic (exact) mass is 337 g/mol. The number of nitrogens with one attached hydrogen (secondary N) is 2. The highest BCUT2D eigenvalue weighted by atomic mass is 19.1. The number of aromatic nitrogens is 2. The zero-order valence-corrected chi connectivity index (χ0v) is 13.7. The van der Waals surface area contributed by atoms with E-state index in [9.17, 15) is 9.18 Å². The molecule has 8 heteroatoms. The number of rotatable bonds is 6. The number of ether oxygens (including phenoxy) is 1. The Morgan fingerprint density at radius 3 is 2.88 bits per heavy atom. The highest BCUT2D eigenvalue weighted by molar-refractivity contribution is 5.73. The Kier molecular flexibility index (Phi) is 5.92. The lowest BCUT2D eigenvalue weighted by Crippen LogP contribution is -2.45. The van der Waals surface area contributed by atoms with Gasteiger partial charge in [0.1, 0.15) is 12.5 Å². The summed E-state index contributed by atoms with van der Waals surface area (Å²) in [6, 6.07) is -0.246. The van der Waals surface area contributed by atoms with Gasteiger partial charge in [0, 0.05) is 56.8 Å². The standard InChI is InChI=1S/C16H24FN5O2/c17-13-4-14(22(10-13)9-12-5-18-11-19-6-12)7-20-16(23)21-8-15-2-1-3-24-15/h5-6,11,13-15H,1-4,7-10H2,(H2,20,21,23)/t13-,14-,15-/m0/s1. The molecule has 1 aromatic rings. The van der Waals surface area contributed by atoms with Gasteiger partial charge in [0.2, 0.25) is 0 Å². The van der Waals surface area contributed by atoms with Crippen LogP contribution < -0.4 is 10.6 Å². The van der Waals surface area contributed by atoms with Gasteiger partial charge in [-0.25, -0.2) is 19.2 Å². The Morgan fingerprint density at radius 1 is 1.33 bits per heavy atom. The number of likely N-dealkylation sites (tertiary alicyclic amines) is 1. The van der Waals surface area contributed by atoms with Crippen LogP contribution in [0.3, 0.4) is 0 Å². The van der Waals surface area contributed by atoms with E-state index >= 15 is 0 Å². The summed E-state index contributed by atoms with van der Waals surface area (Å²) in [4.78, 5) is 21.9. The lowest BCUT2D eigenvalue weighted by Gasteiger charge is -2.24. The second-order valence-electron chi connectivity index (χ2n) is 6.39. The van der Waals surface area contributed by atoms with Gasteiger partial charge in [0.25, 0.3) is 0 Å². The third-order valence-corrected chi connectivity index (χ3v) is 4.49. The van der Waals surface area contributed by atoms with E-state index in [1.807, 2.05) is 4.90 Å². The van der Waals surface area contributed by atoms with Crippen molar-refractivity contribution in [1.29, 1.82) is 0 Å². The van der Waals surface area contributed by atoms with Crippen molar-refractivity contribution in [2.75, 3.05) is 26.2 Å². The fourth-order valence-corrected chi connectivity index (χ4v) is 3.26. The minimum atomic E-state index is -0.864. The molecule has 0 aromatic carbocycles. The fraction of sp³-hybridized carbons (Fsp3) is 0.688. The van der Waals surface area contributed by atoms with Gasteiger partial charge < -0.3 is 15.4 Å². The molecule has 2 N–H and O–H groups in total. The quantitative estimate of drug-likeness (QED) is 0.805. The van der Waals surface area contributed by atoms with Crippen LogP contribution in [0.25, 0.3) is 0 Å². The zero-order chi connectivity index (χ0) is 16.8. The van der Waals surface area contributed by atoms with E-state index in [-0.39, 0.29) is 18.2 Å². The van der Waals surface area contributed by atoms with Gasteiger partial charge in [0.15, 0.2) is 0 Å². The molecule has 3 heterocycles. The van der Waals surface area contributed by atoms with Crippen LogP contribution in [0.15, 0.2) is 18.7 Å². The van der Waals surface area contributed by atoms with Crippen molar-refractivity contribution in [2.24, 2.45) is 0 Å². The Morgan fingerprint density at radius 2 is 2.12 bits per heavy atom. The summed E-state index contributed by atoms with van der Waals surface area (Å²) >= 11 is 0. The van der Waals surface area contributed by atoms with Crippen molar-refractivity contribution in [3.05, 3.63) is 24.3 Å². The molecule has 132 valence electrons. The molecule has 3 atom stereocenters. The molecule has 1 aromatic heterocycles. The summed E-state index contributed by atoms with van der Waals surface area (Å²) in [5.74, 6) is 0. The molecule has 2 aliphatic heterocycles. The van der Waals surface area contributed by atoms with Crippen LogP contribution in [0.2, 0.25) is 0 Å². The number of nitrogens with zero attached hydrogens (tertiary/aromatic N) is 3. The van der Waals surface area contributed by atoms with Crippen LogP contribution in [0.5, 0.6) is 0 Å². The van der Waals surface area contributed by atoms with Crippen LogP contribution in [0, 0.1) is 0 Å². The average Bonchev–Trinajstić information content (AvgIpc) is 3.22. The molecule has 0 spiro atoms. The maximum Gasteiger partial charge on any atom is 0.314 e. The largest absolute Gasteiger partial charge is 0.376 e. The summed E-state index contributed by atoms with van der Waals surface area (Å²) in [7, 11) is 0. The topological polar surface area (TPSA) is 79.4 Å². The van der Waals surface area contributed by atoms with Crippen LogP contribution in [-0.4, -0.2) is 65.5 Å². The third-order valence-electron chi connectivity index (χ3n) is 4.49. The van der Waals surface area contributed by atoms with E-state index in [1.165, 1.54) is 6.33 Å². The molecule has 2 saturated heterocycles. The van der Waals surface area contributed by atoms with Gasteiger partial charge in [-0.2, -0.15) is 0 Å². The minimum Gasteiger partial charge on any atom is -0.376 e. The Bertz CT molecular complexity index is 526. The van der Waals surface area contributed by atoms with Gasteiger partial charge in [-0.3, -0.25) is 4.90 Å². The first-order chi connectivity index (χ1) is 11.7. The summed E-state index contributed by atoms with van der Waals surface area (Å²) in [5, 5.41) is 5.66. The molecule has 0 unspecified atom stereocenters. The van der Waals surface area contributed by atoms with E-state index in [4.69, 9.17) is 4.74 Å². The predicted molar refractivity (Wildman–Crippen MR) is 86.1 cm³/mol. The van der Waals surface area contributed by atoms with Gasteiger partial charge in [-0.05, 0) is 19.3 Å². The molecular weight excluding hydrogens is 313 g/mol. The highest BCUT2D eigenvalue weighted by Crippen LogP contribution is 2.22. The van der Waals surface area contributed by atoms with Crippen LogP contribution >= 0.6 is 0 Å². The molecule has 7 nitrogen and oxygen atoms in total. The third kappa shape index (κ3) is 4.85. The number of amides is 2. The number of halogens is 1.